The second-order valence-corrected chi connectivity index (χ2v) is 6.75. The van der Waals surface area contributed by atoms with Gasteiger partial charge < -0.3 is 28.4 Å². The topological polar surface area (TPSA) is 153 Å². The first-order valence-corrected chi connectivity index (χ1v) is 9.78. The molecule has 1 saturated heterocycles. The highest BCUT2D eigenvalue weighted by Gasteiger charge is 2.52. The number of unbranched alkanes of at least 4 members (excludes halogenated alkanes) is 1. The lowest BCUT2D eigenvalue weighted by molar-refractivity contribution is -0.256. The Morgan fingerprint density at radius 2 is 1.32 bits per heavy atom. The van der Waals surface area contributed by atoms with Crippen molar-refractivity contribution in [3.05, 3.63) is 0 Å². The van der Waals surface area contributed by atoms with Crippen molar-refractivity contribution in [2.75, 3.05) is 13.2 Å². The molecule has 0 unspecified atom stereocenters. The molecule has 0 bridgehead atoms. The number of amides is 1. The van der Waals surface area contributed by atoms with Gasteiger partial charge in [-0.15, -0.1) is 0 Å². The lowest BCUT2D eigenvalue weighted by Crippen LogP contribution is -2.66. The maximum atomic E-state index is 12.1. The van der Waals surface area contributed by atoms with E-state index in [0.29, 0.717) is 6.42 Å². The highest BCUT2D eigenvalue weighted by molar-refractivity contribution is 5.70. The zero-order valence-corrected chi connectivity index (χ0v) is 18.2. The van der Waals surface area contributed by atoms with Gasteiger partial charge in [0.15, 0.2) is 24.5 Å². The first-order valence-electron chi connectivity index (χ1n) is 9.78. The van der Waals surface area contributed by atoms with E-state index in [0.717, 1.165) is 34.1 Å². The van der Waals surface area contributed by atoms with E-state index < -0.39 is 60.6 Å². The monoisotopic (exact) mass is 447 g/mol. The molecule has 0 radical (unpaired) electrons. The third-order valence-corrected chi connectivity index (χ3v) is 3.98. The van der Waals surface area contributed by atoms with Crippen molar-refractivity contribution >= 4 is 30.0 Å². The first kappa shape index (κ1) is 26.1. The molecular weight excluding hydrogens is 418 g/mol. The molecule has 0 spiro atoms. The second kappa shape index (κ2) is 12.7. The normalized spacial score (nSPS) is 25.0. The Morgan fingerprint density at radius 3 is 1.84 bits per heavy atom. The summed E-state index contributed by atoms with van der Waals surface area (Å²) in [5, 5.41) is 2.40. The number of rotatable bonds is 9. The Labute approximate surface area is 179 Å². The summed E-state index contributed by atoms with van der Waals surface area (Å²) in [7, 11) is 0. The van der Waals surface area contributed by atoms with Crippen molar-refractivity contribution in [3.8, 4) is 0 Å². The molecule has 0 aromatic carbocycles. The molecule has 0 aromatic rings. The van der Waals surface area contributed by atoms with Gasteiger partial charge in [0.25, 0.3) is 0 Å². The molecule has 31 heavy (non-hydrogen) atoms. The summed E-state index contributed by atoms with van der Waals surface area (Å²) in [6.45, 7) is 6.16. The quantitative estimate of drug-likeness (QED) is 0.300. The van der Waals surface area contributed by atoms with Gasteiger partial charge in [-0.3, -0.25) is 24.5 Å². The number of ether oxygens (including phenoxy) is 6. The molecule has 1 aliphatic rings. The standard InChI is InChI=1S/C19H29NO11/c1-6-7-8-26-19(25)20-18-17(30-13(5)24)16(29-12(4)23)15(28-11(3)22)14(31-18)9-27-10(2)21/h14-18H,6-9H2,1-5H3,(H,20,25)/t14-,15+,16+,17-,18-/m0/s1. The van der Waals surface area contributed by atoms with Gasteiger partial charge in [0.05, 0.1) is 6.61 Å². The highest BCUT2D eigenvalue weighted by Crippen LogP contribution is 2.28. The minimum absolute atomic E-state index is 0.146. The molecule has 1 heterocycles. The zero-order chi connectivity index (χ0) is 23.6. The molecule has 12 nitrogen and oxygen atoms in total. The molecule has 1 fully saturated rings. The predicted octanol–water partition coefficient (Wildman–Crippen LogP) is 0.596. The third kappa shape index (κ3) is 9.20. The van der Waals surface area contributed by atoms with Crippen LogP contribution in [0.25, 0.3) is 0 Å². The Balaban J connectivity index is 3.23. The summed E-state index contributed by atoms with van der Waals surface area (Å²) >= 11 is 0. The molecule has 5 atom stereocenters. The molecular formula is C19H29NO11. The van der Waals surface area contributed by atoms with Crippen molar-refractivity contribution < 1.29 is 52.4 Å². The molecule has 176 valence electrons. The van der Waals surface area contributed by atoms with Crippen molar-refractivity contribution in [1.29, 1.82) is 0 Å². The van der Waals surface area contributed by atoms with Gasteiger partial charge in [-0.1, -0.05) is 13.3 Å². The van der Waals surface area contributed by atoms with Gasteiger partial charge >= 0.3 is 30.0 Å². The molecule has 0 aliphatic carbocycles. The van der Waals surface area contributed by atoms with Crippen molar-refractivity contribution in [2.24, 2.45) is 0 Å². The molecule has 1 amide bonds. The fourth-order valence-electron chi connectivity index (χ4n) is 2.81. The third-order valence-electron chi connectivity index (χ3n) is 3.98. The van der Waals surface area contributed by atoms with Crippen molar-refractivity contribution in [1.82, 2.24) is 5.32 Å². The van der Waals surface area contributed by atoms with Crippen molar-refractivity contribution in [2.45, 2.75) is 78.1 Å². The lowest BCUT2D eigenvalue weighted by Gasteiger charge is -2.44. The molecule has 1 N–H and O–H groups in total. The van der Waals surface area contributed by atoms with Gasteiger partial charge in [0.2, 0.25) is 0 Å². The Bertz CT molecular complexity index is 665. The number of carbonyl (C=O) groups is 5. The lowest BCUT2D eigenvalue weighted by atomic mass is 9.97. The van der Waals surface area contributed by atoms with Crippen LogP contribution in [0.5, 0.6) is 0 Å². The molecule has 1 aliphatic heterocycles. The summed E-state index contributed by atoms with van der Waals surface area (Å²) in [4.78, 5) is 58.4. The maximum Gasteiger partial charge on any atom is 0.409 e. The van der Waals surface area contributed by atoms with Crippen LogP contribution in [0, 0.1) is 0 Å². The highest BCUT2D eigenvalue weighted by atomic mass is 16.7. The number of carbonyl (C=O) groups excluding carboxylic acids is 5. The molecule has 1 rings (SSSR count). The van der Waals surface area contributed by atoms with Gasteiger partial charge in [-0.2, -0.15) is 0 Å². The van der Waals surface area contributed by atoms with Crippen LogP contribution in [0.3, 0.4) is 0 Å². The van der Waals surface area contributed by atoms with E-state index in [1.807, 2.05) is 6.92 Å². The van der Waals surface area contributed by atoms with E-state index in [-0.39, 0.29) is 13.2 Å². The zero-order valence-electron chi connectivity index (χ0n) is 18.2. The average Bonchev–Trinajstić information content (AvgIpc) is 2.64. The maximum absolute atomic E-state index is 12.1. The van der Waals surface area contributed by atoms with Gasteiger partial charge in [-0.25, -0.2) is 4.79 Å². The summed E-state index contributed by atoms with van der Waals surface area (Å²) in [6, 6.07) is 0. The van der Waals surface area contributed by atoms with Crippen molar-refractivity contribution in [3.63, 3.8) is 0 Å². The number of nitrogens with one attached hydrogen (secondary N) is 1. The van der Waals surface area contributed by atoms with Gasteiger partial charge in [0.1, 0.15) is 12.7 Å². The summed E-state index contributed by atoms with van der Waals surface area (Å²) in [5.41, 5.74) is 0. The Kier molecular flexibility index (Phi) is 10.7. The largest absolute Gasteiger partial charge is 0.463 e. The van der Waals surface area contributed by atoms with Crippen LogP contribution in [0.1, 0.15) is 47.5 Å². The van der Waals surface area contributed by atoms with Gasteiger partial charge in [0, 0.05) is 27.7 Å². The predicted molar refractivity (Wildman–Crippen MR) is 101 cm³/mol. The van der Waals surface area contributed by atoms with E-state index in [1.165, 1.54) is 0 Å². The Hall–Kier alpha value is -2.89. The number of esters is 4. The minimum atomic E-state index is -1.38. The number of alkyl carbamates (subject to hydrolysis) is 1. The van der Waals surface area contributed by atoms with Crippen LogP contribution in [0.4, 0.5) is 4.79 Å². The first-order chi connectivity index (χ1) is 14.5. The summed E-state index contributed by atoms with van der Waals surface area (Å²) in [5.74, 6) is -2.92. The number of hydrogen-bond acceptors (Lipinski definition) is 11. The molecule has 12 heteroatoms. The van der Waals surface area contributed by atoms with Crippen LogP contribution in [-0.2, 0) is 47.6 Å². The Morgan fingerprint density at radius 1 is 0.774 bits per heavy atom. The fourth-order valence-corrected chi connectivity index (χ4v) is 2.81. The molecule has 0 aromatic heterocycles. The van der Waals surface area contributed by atoms with Crippen LogP contribution in [0.15, 0.2) is 0 Å². The second-order valence-electron chi connectivity index (χ2n) is 6.75. The SMILES string of the molecule is CCCCOC(=O)N[C@H]1O[C@@H](COC(C)=O)[C@@H](OC(C)=O)[C@@H](OC(C)=O)[C@@H]1OC(C)=O. The summed E-state index contributed by atoms with van der Waals surface area (Å²) in [6.07, 6.45) is -5.97. The van der Waals surface area contributed by atoms with Crippen LogP contribution in [-0.4, -0.2) is 73.8 Å². The van der Waals surface area contributed by atoms with E-state index in [2.05, 4.69) is 5.32 Å². The fraction of sp³-hybridized carbons (Fsp3) is 0.737. The van der Waals surface area contributed by atoms with E-state index in [9.17, 15) is 24.0 Å². The van der Waals surface area contributed by atoms with Crippen LogP contribution in [0.2, 0.25) is 0 Å². The van der Waals surface area contributed by atoms with Crippen LogP contribution >= 0.6 is 0 Å². The number of hydrogen-bond donors (Lipinski definition) is 1. The average molecular weight is 447 g/mol. The van der Waals surface area contributed by atoms with Gasteiger partial charge in [-0.05, 0) is 6.42 Å². The van der Waals surface area contributed by atoms with Crippen LogP contribution < -0.4 is 5.32 Å². The minimum Gasteiger partial charge on any atom is -0.463 e. The summed E-state index contributed by atoms with van der Waals surface area (Å²) < 4.78 is 31.4. The van der Waals surface area contributed by atoms with E-state index in [1.54, 1.807) is 0 Å². The van der Waals surface area contributed by atoms with E-state index >= 15 is 0 Å². The van der Waals surface area contributed by atoms with E-state index in [4.69, 9.17) is 28.4 Å². The smallest absolute Gasteiger partial charge is 0.409 e. The molecule has 0 saturated carbocycles.